The first-order valence-corrected chi connectivity index (χ1v) is 15.4. The standard InChI is InChI=1S/C42H25N3/c1-2-13-26(14-3-1)41-32-19-8-10-23-36(32)43-42(44-41)45-37-24-11-9-20-33(37)40-34-22-12-21-31-29-17-6-4-15-27(29)28-16-5-7-18-30(28)35(39(31)34)25-38(40)45/h1-25H. The molecule has 0 amide bonds. The lowest BCUT2D eigenvalue weighted by Crippen LogP contribution is -2.03. The Kier molecular flexibility index (Phi) is 5.00. The van der Waals surface area contributed by atoms with E-state index >= 15 is 0 Å². The molecule has 3 heteroatoms. The Hall–Kier alpha value is -6.06. The van der Waals surface area contributed by atoms with Gasteiger partial charge in [0.25, 0.3) is 0 Å². The van der Waals surface area contributed by atoms with E-state index in [2.05, 4.69) is 150 Å². The van der Waals surface area contributed by atoms with Gasteiger partial charge in [0, 0.05) is 21.7 Å². The highest BCUT2D eigenvalue weighted by Crippen LogP contribution is 2.50. The molecular formula is C42H25N3. The van der Waals surface area contributed by atoms with Gasteiger partial charge in [0.1, 0.15) is 0 Å². The smallest absolute Gasteiger partial charge is 0.235 e. The van der Waals surface area contributed by atoms with Gasteiger partial charge in [-0.2, -0.15) is 0 Å². The average Bonchev–Trinajstić information content (AvgIpc) is 3.39. The van der Waals surface area contributed by atoms with Gasteiger partial charge in [-0.1, -0.05) is 133 Å². The van der Waals surface area contributed by atoms with Crippen LogP contribution in [0.25, 0.3) is 94.1 Å². The number of para-hydroxylation sites is 2. The van der Waals surface area contributed by atoms with E-state index in [4.69, 9.17) is 9.97 Å². The first kappa shape index (κ1) is 24.4. The summed E-state index contributed by atoms with van der Waals surface area (Å²) in [7, 11) is 0. The molecule has 3 nitrogen and oxygen atoms in total. The van der Waals surface area contributed by atoms with Crippen LogP contribution in [0.15, 0.2) is 152 Å². The molecule has 0 unspecified atom stereocenters. The zero-order valence-electron chi connectivity index (χ0n) is 24.3. The van der Waals surface area contributed by atoms with Crippen LogP contribution in [0.5, 0.6) is 0 Å². The summed E-state index contributed by atoms with van der Waals surface area (Å²) in [6.07, 6.45) is 0. The molecular weight excluding hydrogens is 546 g/mol. The summed E-state index contributed by atoms with van der Waals surface area (Å²) >= 11 is 0. The van der Waals surface area contributed by atoms with Crippen molar-refractivity contribution in [3.05, 3.63) is 152 Å². The predicted octanol–water partition coefficient (Wildman–Crippen LogP) is 10.9. The van der Waals surface area contributed by atoms with Crippen LogP contribution >= 0.6 is 0 Å². The third-order valence-corrected chi connectivity index (χ3v) is 9.36. The number of nitrogens with zero attached hydrogens (tertiary/aromatic N) is 3. The van der Waals surface area contributed by atoms with Crippen molar-refractivity contribution in [2.24, 2.45) is 0 Å². The molecule has 1 aliphatic carbocycles. The number of hydrogen-bond donors (Lipinski definition) is 0. The first-order chi connectivity index (χ1) is 22.3. The second-order valence-corrected chi connectivity index (χ2v) is 11.7. The average molecular weight is 572 g/mol. The third-order valence-electron chi connectivity index (χ3n) is 9.36. The lowest BCUT2D eigenvalue weighted by atomic mass is 9.91. The van der Waals surface area contributed by atoms with Gasteiger partial charge in [-0.25, -0.2) is 9.97 Å². The van der Waals surface area contributed by atoms with Crippen molar-refractivity contribution in [1.82, 2.24) is 14.5 Å². The zero-order chi connectivity index (χ0) is 29.5. The fourth-order valence-corrected chi connectivity index (χ4v) is 7.48. The Balaban J connectivity index is 1.40. The van der Waals surface area contributed by atoms with Crippen LogP contribution in [-0.4, -0.2) is 14.5 Å². The highest BCUT2D eigenvalue weighted by atomic mass is 15.2. The summed E-state index contributed by atoms with van der Waals surface area (Å²) in [6.45, 7) is 0. The van der Waals surface area contributed by atoms with Gasteiger partial charge in [-0.3, -0.25) is 4.57 Å². The molecule has 0 aliphatic heterocycles. The van der Waals surface area contributed by atoms with Crippen LogP contribution < -0.4 is 0 Å². The Morgan fingerprint density at radius 3 is 1.73 bits per heavy atom. The zero-order valence-corrected chi connectivity index (χ0v) is 24.3. The summed E-state index contributed by atoms with van der Waals surface area (Å²) < 4.78 is 2.27. The van der Waals surface area contributed by atoms with Gasteiger partial charge in [-0.05, 0) is 62.4 Å². The molecule has 2 aromatic heterocycles. The Morgan fingerprint density at radius 1 is 0.378 bits per heavy atom. The minimum Gasteiger partial charge on any atom is -0.278 e. The number of aromatic nitrogens is 3. The molecule has 0 bridgehead atoms. The minimum atomic E-state index is 0.673. The molecule has 10 rings (SSSR count). The van der Waals surface area contributed by atoms with E-state index in [1.54, 1.807) is 0 Å². The van der Waals surface area contributed by atoms with Crippen LogP contribution in [0.2, 0.25) is 0 Å². The molecule has 0 N–H and O–H groups in total. The van der Waals surface area contributed by atoms with Gasteiger partial charge in [0.05, 0.1) is 22.2 Å². The molecule has 9 aromatic rings. The highest BCUT2D eigenvalue weighted by Gasteiger charge is 2.25. The maximum absolute atomic E-state index is 5.33. The summed E-state index contributed by atoms with van der Waals surface area (Å²) in [5.41, 5.74) is 12.6. The van der Waals surface area contributed by atoms with Gasteiger partial charge in [-0.15, -0.1) is 0 Å². The number of fused-ring (bicyclic) bond motifs is 10. The quantitative estimate of drug-likeness (QED) is 0.207. The molecule has 7 aromatic carbocycles. The van der Waals surface area contributed by atoms with Gasteiger partial charge in [0.2, 0.25) is 5.95 Å². The van der Waals surface area contributed by atoms with Crippen LogP contribution in [0.3, 0.4) is 0 Å². The molecule has 2 heterocycles. The molecule has 45 heavy (non-hydrogen) atoms. The van der Waals surface area contributed by atoms with Crippen molar-refractivity contribution in [1.29, 1.82) is 0 Å². The number of hydrogen-bond acceptors (Lipinski definition) is 2. The SMILES string of the molecule is c1ccc(-c2nc(-n3c4ccccc4c4c5cccc6c5c(cc43)-c3ccccc3-c3ccccc3-6)nc3ccccc23)cc1. The molecule has 0 saturated heterocycles. The maximum atomic E-state index is 5.33. The van der Waals surface area contributed by atoms with Crippen LogP contribution in [0.1, 0.15) is 0 Å². The van der Waals surface area contributed by atoms with Gasteiger partial charge in [0.15, 0.2) is 0 Å². The molecule has 0 fully saturated rings. The fourth-order valence-electron chi connectivity index (χ4n) is 7.48. The topological polar surface area (TPSA) is 30.7 Å². The van der Waals surface area contributed by atoms with Crippen molar-refractivity contribution < 1.29 is 0 Å². The second-order valence-electron chi connectivity index (χ2n) is 11.7. The van der Waals surface area contributed by atoms with Crippen molar-refractivity contribution in [3.8, 4) is 50.6 Å². The maximum Gasteiger partial charge on any atom is 0.235 e. The Morgan fingerprint density at radius 2 is 0.956 bits per heavy atom. The molecule has 0 radical (unpaired) electrons. The minimum absolute atomic E-state index is 0.673. The van der Waals surface area contributed by atoms with Crippen molar-refractivity contribution in [3.63, 3.8) is 0 Å². The molecule has 0 spiro atoms. The van der Waals surface area contributed by atoms with Crippen molar-refractivity contribution in [2.45, 2.75) is 0 Å². The summed E-state index contributed by atoms with van der Waals surface area (Å²) in [4.78, 5) is 10.5. The van der Waals surface area contributed by atoms with E-state index in [1.165, 1.54) is 54.9 Å². The largest absolute Gasteiger partial charge is 0.278 e. The van der Waals surface area contributed by atoms with E-state index < -0.39 is 0 Å². The Bertz CT molecular complexity index is 2650. The molecule has 208 valence electrons. The number of benzene rings is 7. The van der Waals surface area contributed by atoms with Crippen molar-refractivity contribution in [2.75, 3.05) is 0 Å². The summed E-state index contributed by atoms with van der Waals surface area (Å²) in [5, 5.41) is 5.99. The fraction of sp³-hybridized carbons (Fsp3) is 0. The summed E-state index contributed by atoms with van der Waals surface area (Å²) in [6, 6.07) is 54.2. The number of rotatable bonds is 2. The highest BCUT2D eigenvalue weighted by molar-refractivity contribution is 6.28. The van der Waals surface area contributed by atoms with E-state index in [0.29, 0.717) is 5.95 Å². The normalized spacial score (nSPS) is 12.0. The molecule has 1 aliphatic rings. The van der Waals surface area contributed by atoms with E-state index in [-0.39, 0.29) is 0 Å². The van der Waals surface area contributed by atoms with Crippen molar-refractivity contribution >= 4 is 43.5 Å². The first-order valence-electron chi connectivity index (χ1n) is 15.4. The lowest BCUT2D eigenvalue weighted by Gasteiger charge is -2.14. The molecule has 0 saturated carbocycles. The second kappa shape index (κ2) is 9.22. The van der Waals surface area contributed by atoms with Crippen LogP contribution in [0, 0.1) is 0 Å². The van der Waals surface area contributed by atoms with E-state index in [1.807, 2.05) is 6.07 Å². The predicted molar refractivity (Wildman–Crippen MR) is 187 cm³/mol. The summed E-state index contributed by atoms with van der Waals surface area (Å²) in [5.74, 6) is 0.673. The third kappa shape index (κ3) is 3.41. The van der Waals surface area contributed by atoms with Gasteiger partial charge >= 0.3 is 0 Å². The van der Waals surface area contributed by atoms with Gasteiger partial charge < -0.3 is 0 Å². The monoisotopic (exact) mass is 571 g/mol. The Labute approximate surface area is 259 Å². The lowest BCUT2D eigenvalue weighted by molar-refractivity contribution is 1.01. The molecule has 0 atom stereocenters. The van der Waals surface area contributed by atoms with Crippen LogP contribution in [0.4, 0.5) is 0 Å². The van der Waals surface area contributed by atoms with Crippen LogP contribution in [-0.2, 0) is 0 Å². The van der Waals surface area contributed by atoms with E-state index in [0.717, 1.165) is 33.2 Å². The van der Waals surface area contributed by atoms with E-state index in [9.17, 15) is 0 Å².